The Hall–Kier alpha value is -2.15. The predicted octanol–water partition coefficient (Wildman–Crippen LogP) is 2.32. The summed E-state index contributed by atoms with van der Waals surface area (Å²) < 4.78 is 5.37. The van der Waals surface area contributed by atoms with Gasteiger partial charge in [0.15, 0.2) is 0 Å². The molecule has 0 bridgehead atoms. The van der Waals surface area contributed by atoms with Crippen LogP contribution in [0, 0.1) is 5.92 Å². The molecule has 7 heteroatoms. The molecule has 116 valence electrons. The first-order valence-electron chi connectivity index (χ1n) is 7.12. The lowest BCUT2D eigenvalue weighted by molar-refractivity contribution is -0.141. The van der Waals surface area contributed by atoms with Crippen molar-refractivity contribution in [2.24, 2.45) is 5.92 Å². The Balaban J connectivity index is 1.53. The number of carboxylic acid groups (broad SMARTS) is 1. The molecule has 0 aliphatic heterocycles. The molecular weight excluding hydrogens is 304 g/mol. The van der Waals surface area contributed by atoms with Gasteiger partial charge < -0.3 is 14.8 Å². The largest absolute Gasteiger partial charge is 0.481 e. The lowest BCUT2D eigenvalue weighted by Crippen LogP contribution is -2.34. The number of carbonyl (C=O) groups excluding carboxylic acids is 1. The van der Waals surface area contributed by atoms with Crippen LogP contribution in [-0.4, -0.2) is 28.0 Å². The zero-order valence-corrected chi connectivity index (χ0v) is 12.6. The van der Waals surface area contributed by atoms with Crippen molar-refractivity contribution in [3.05, 3.63) is 29.5 Å². The zero-order valence-electron chi connectivity index (χ0n) is 11.8. The average Bonchev–Trinajstić information content (AvgIpc) is 3.18. The average molecular weight is 320 g/mol. The van der Waals surface area contributed by atoms with Gasteiger partial charge in [0.1, 0.15) is 6.26 Å². The van der Waals surface area contributed by atoms with Gasteiger partial charge in [0.2, 0.25) is 11.8 Å². The molecule has 1 amide bonds. The molecule has 2 aromatic rings. The Bertz CT molecular complexity index is 665. The molecule has 22 heavy (non-hydrogen) atoms. The molecule has 0 saturated heterocycles. The molecule has 0 radical (unpaired) electrons. The number of hydrogen-bond donors (Lipinski definition) is 2. The maximum absolute atomic E-state index is 12.0. The summed E-state index contributed by atoms with van der Waals surface area (Å²) in [6.07, 6.45) is 3.46. The van der Waals surface area contributed by atoms with E-state index in [1.165, 1.54) is 17.6 Å². The highest BCUT2D eigenvalue weighted by Crippen LogP contribution is 2.26. The van der Waals surface area contributed by atoms with E-state index >= 15 is 0 Å². The standard InChI is InChI=1S/C15H16N2O4S/c18-13(16-10-4-3-9(6-10)15(19)20)7-11-8-21-14(17-11)12-2-1-5-22-12/h1-2,5,8-10H,3-4,6-7H2,(H,16,18)(H,19,20)/t9-,10+/m0/s1. The van der Waals surface area contributed by atoms with Crippen LogP contribution in [0.15, 0.2) is 28.2 Å². The quantitative estimate of drug-likeness (QED) is 0.882. The summed E-state index contributed by atoms with van der Waals surface area (Å²) in [6.45, 7) is 0. The minimum atomic E-state index is -0.783. The molecule has 1 fully saturated rings. The van der Waals surface area contributed by atoms with E-state index in [1.807, 2.05) is 17.5 Å². The van der Waals surface area contributed by atoms with Gasteiger partial charge >= 0.3 is 5.97 Å². The van der Waals surface area contributed by atoms with Crippen molar-refractivity contribution in [1.82, 2.24) is 10.3 Å². The van der Waals surface area contributed by atoms with E-state index in [2.05, 4.69) is 10.3 Å². The third-order valence-corrected chi connectivity index (χ3v) is 4.63. The van der Waals surface area contributed by atoms with Crippen molar-refractivity contribution in [2.45, 2.75) is 31.7 Å². The second-order valence-corrected chi connectivity index (χ2v) is 6.36. The van der Waals surface area contributed by atoms with Gasteiger partial charge in [-0.15, -0.1) is 11.3 Å². The minimum Gasteiger partial charge on any atom is -0.481 e. The molecule has 6 nitrogen and oxygen atoms in total. The van der Waals surface area contributed by atoms with Gasteiger partial charge in [-0.1, -0.05) is 6.07 Å². The highest BCUT2D eigenvalue weighted by molar-refractivity contribution is 7.13. The fourth-order valence-corrected chi connectivity index (χ4v) is 3.34. The van der Waals surface area contributed by atoms with Crippen LogP contribution in [0.25, 0.3) is 10.8 Å². The first kappa shape index (κ1) is 14.8. The highest BCUT2D eigenvalue weighted by atomic mass is 32.1. The van der Waals surface area contributed by atoms with Crippen molar-refractivity contribution in [3.8, 4) is 10.8 Å². The normalized spacial score (nSPS) is 20.9. The Morgan fingerprint density at radius 2 is 2.32 bits per heavy atom. The number of carbonyl (C=O) groups is 2. The molecule has 0 aromatic carbocycles. The van der Waals surface area contributed by atoms with Crippen LogP contribution in [0.1, 0.15) is 25.0 Å². The topological polar surface area (TPSA) is 92.4 Å². The molecule has 3 rings (SSSR count). The van der Waals surface area contributed by atoms with Crippen molar-refractivity contribution in [3.63, 3.8) is 0 Å². The molecule has 2 atom stereocenters. The number of aliphatic carboxylic acids is 1. The van der Waals surface area contributed by atoms with Gasteiger partial charge in [-0.05, 0) is 30.7 Å². The van der Waals surface area contributed by atoms with E-state index in [0.29, 0.717) is 30.8 Å². The molecule has 1 aliphatic carbocycles. The monoisotopic (exact) mass is 320 g/mol. The fraction of sp³-hybridized carbons (Fsp3) is 0.400. The van der Waals surface area contributed by atoms with E-state index in [9.17, 15) is 9.59 Å². The van der Waals surface area contributed by atoms with Gasteiger partial charge in [-0.3, -0.25) is 9.59 Å². The fourth-order valence-electron chi connectivity index (χ4n) is 2.68. The molecule has 1 aliphatic rings. The molecule has 1 saturated carbocycles. The summed E-state index contributed by atoms with van der Waals surface area (Å²) in [5.41, 5.74) is 0.577. The first-order chi connectivity index (χ1) is 10.6. The minimum absolute atomic E-state index is 0.0581. The van der Waals surface area contributed by atoms with Gasteiger partial charge in [-0.25, -0.2) is 4.98 Å². The lowest BCUT2D eigenvalue weighted by atomic mass is 10.1. The number of aromatic nitrogens is 1. The van der Waals surface area contributed by atoms with Gasteiger partial charge in [0.05, 0.1) is 22.9 Å². The lowest BCUT2D eigenvalue weighted by Gasteiger charge is -2.11. The summed E-state index contributed by atoms with van der Waals surface area (Å²) in [7, 11) is 0. The van der Waals surface area contributed by atoms with Gasteiger partial charge in [-0.2, -0.15) is 0 Å². The summed E-state index contributed by atoms with van der Waals surface area (Å²) >= 11 is 1.52. The number of nitrogens with zero attached hydrogens (tertiary/aromatic N) is 1. The van der Waals surface area contributed by atoms with Crippen LogP contribution in [-0.2, 0) is 16.0 Å². The van der Waals surface area contributed by atoms with Crippen LogP contribution < -0.4 is 5.32 Å². The van der Waals surface area contributed by atoms with E-state index in [4.69, 9.17) is 9.52 Å². The molecular formula is C15H16N2O4S. The van der Waals surface area contributed by atoms with Crippen LogP contribution in [0.2, 0.25) is 0 Å². The number of amides is 1. The smallest absolute Gasteiger partial charge is 0.306 e. The molecule has 0 unspecified atom stereocenters. The highest BCUT2D eigenvalue weighted by Gasteiger charge is 2.30. The maximum atomic E-state index is 12.0. The Kier molecular flexibility index (Phi) is 4.24. The van der Waals surface area contributed by atoms with Crippen molar-refractivity contribution in [1.29, 1.82) is 0 Å². The third kappa shape index (κ3) is 3.36. The second kappa shape index (κ2) is 6.31. The SMILES string of the molecule is O=C(Cc1coc(-c2cccs2)n1)N[C@@H]1CC[C@H](C(=O)O)C1. The van der Waals surface area contributed by atoms with Crippen LogP contribution in [0.5, 0.6) is 0 Å². The van der Waals surface area contributed by atoms with Crippen molar-refractivity contribution < 1.29 is 19.1 Å². The number of thiophene rings is 1. The number of nitrogens with one attached hydrogen (secondary N) is 1. The Labute approximate surface area is 131 Å². The first-order valence-corrected chi connectivity index (χ1v) is 8.00. The number of carboxylic acids is 1. The van der Waals surface area contributed by atoms with Crippen molar-refractivity contribution >= 4 is 23.2 Å². The van der Waals surface area contributed by atoms with Crippen LogP contribution in [0.4, 0.5) is 0 Å². The van der Waals surface area contributed by atoms with Crippen LogP contribution >= 0.6 is 11.3 Å². The Morgan fingerprint density at radius 1 is 1.45 bits per heavy atom. The molecule has 2 aromatic heterocycles. The zero-order chi connectivity index (χ0) is 15.5. The summed E-state index contributed by atoms with van der Waals surface area (Å²) in [6, 6.07) is 3.76. The number of hydrogen-bond acceptors (Lipinski definition) is 5. The molecule has 2 heterocycles. The molecule has 0 spiro atoms. The third-order valence-electron chi connectivity index (χ3n) is 3.77. The van der Waals surface area contributed by atoms with E-state index in [0.717, 1.165) is 4.88 Å². The van der Waals surface area contributed by atoms with Gasteiger partial charge in [0.25, 0.3) is 0 Å². The number of oxazole rings is 1. The summed E-state index contributed by atoms with van der Waals surface area (Å²) in [5, 5.41) is 13.8. The van der Waals surface area contributed by atoms with Gasteiger partial charge in [0, 0.05) is 6.04 Å². The molecule has 2 N–H and O–H groups in total. The van der Waals surface area contributed by atoms with E-state index < -0.39 is 5.97 Å². The second-order valence-electron chi connectivity index (χ2n) is 5.41. The van der Waals surface area contributed by atoms with E-state index in [-0.39, 0.29) is 24.3 Å². The van der Waals surface area contributed by atoms with Crippen LogP contribution in [0.3, 0.4) is 0 Å². The van der Waals surface area contributed by atoms with E-state index in [1.54, 1.807) is 0 Å². The Morgan fingerprint density at radius 3 is 3.00 bits per heavy atom. The maximum Gasteiger partial charge on any atom is 0.306 e. The summed E-state index contributed by atoms with van der Waals surface area (Å²) in [4.78, 5) is 28.1. The summed E-state index contributed by atoms with van der Waals surface area (Å²) in [5.74, 6) is -0.761. The predicted molar refractivity (Wildman–Crippen MR) is 80.4 cm³/mol. The van der Waals surface area contributed by atoms with Crippen molar-refractivity contribution in [2.75, 3.05) is 0 Å². The number of rotatable bonds is 5.